The predicted molar refractivity (Wildman–Crippen MR) is 71.6 cm³/mol. The molecule has 0 fully saturated rings. The fourth-order valence-electron chi connectivity index (χ4n) is 1.55. The fourth-order valence-corrected chi connectivity index (χ4v) is 2.21. The van der Waals surface area contributed by atoms with Gasteiger partial charge in [0.15, 0.2) is 0 Å². The minimum atomic E-state index is 0.209. The lowest BCUT2D eigenvalue weighted by Gasteiger charge is -2.13. The van der Waals surface area contributed by atoms with E-state index >= 15 is 0 Å². The molecule has 0 bridgehead atoms. The minimum Gasteiger partial charge on any atom is -0.497 e. The van der Waals surface area contributed by atoms with Gasteiger partial charge in [0.25, 0.3) is 0 Å². The molecule has 0 saturated carbocycles. The summed E-state index contributed by atoms with van der Waals surface area (Å²) in [5.74, 6) is 1.42. The van der Waals surface area contributed by atoms with Crippen LogP contribution in [0.5, 0.6) is 5.75 Å². The molecule has 1 aromatic carbocycles. The molecule has 0 aliphatic heterocycles. The zero-order valence-corrected chi connectivity index (χ0v) is 10.6. The molecule has 1 aromatic heterocycles. The lowest BCUT2D eigenvalue weighted by atomic mass is 10.1. The zero-order chi connectivity index (χ0) is 12.3. The maximum absolute atomic E-state index is 5.57. The van der Waals surface area contributed by atoms with Crippen molar-refractivity contribution in [2.45, 2.75) is 13.0 Å². The van der Waals surface area contributed by atoms with Crippen LogP contribution in [0.1, 0.15) is 18.5 Å². The molecule has 0 amide bonds. The van der Waals surface area contributed by atoms with Crippen LogP contribution in [0.3, 0.4) is 0 Å². The van der Waals surface area contributed by atoms with Crippen molar-refractivity contribution >= 4 is 22.4 Å². The Morgan fingerprint density at radius 3 is 2.59 bits per heavy atom. The maximum Gasteiger partial charge on any atom is 0.139 e. The molecule has 17 heavy (non-hydrogen) atoms. The number of aromatic nitrogens is 1. The van der Waals surface area contributed by atoms with E-state index in [0.29, 0.717) is 5.82 Å². The first kappa shape index (κ1) is 11.7. The molecule has 1 unspecified atom stereocenters. The Hall–Kier alpha value is -1.75. The lowest BCUT2D eigenvalue weighted by molar-refractivity contribution is 0.414. The van der Waals surface area contributed by atoms with E-state index < -0.39 is 0 Å². The van der Waals surface area contributed by atoms with E-state index in [0.717, 1.165) is 10.8 Å². The molecule has 2 aromatic rings. The van der Waals surface area contributed by atoms with Gasteiger partial charge in [-0.05, 0) is 36.2 Å². The number of hydrogen-bond donors (Lipinski definition) is 2. The molecule has 0 spiro atoms. The Morgan fingerprint density at radius 1 is 1.35 bits per heavy atom. The highest BCUT2D eigenvalue weighted by atomic mass is 32.1. The smallest absolute Gasteiger partial charge is 0.139 e. The van der Waals surface area contributed by atoms with Crippen LogP contribution >= 0.6 is 11.5 Å². The van der Waals surface area contributed by atoms with Crippen LogP contribution < -0.4 is 15.8 Å². The number of hydrogen-bond acceptors (Lipinski definition) is 5. The average Bonchev–Trinajstić information content (AvgIpc) is 2.75. The van der Waals surface area contributed by atoms with Gasteiger partial charge in [0, 0.05) is 12.1 Å². The molecule has 90 valence electrons. The van der Waals surface area contributed by atoms with Gasteiger partial charge in [-0.3, -0.25) is 0 Å². The summed E-state index contributed by atoms with van der Waals surface area (Å²) in [6.45, 7) is 2.09. The first-order valence-electron chi connectivity index (χ1n) is 5.31. The highest BCUT2D eigenvalue weighted by Gasteiger charge is 2.07. The van der Waals surface area contributed by atoms with Crippen LogP contribution in [0.2, 0.25) is 0 Å². The molecule has 5 heteroatoms. The Kier molecular flexibility index (Phi) is 3.49. The molecule has 1 heterocycles. The number of methoxy groups -OCH3 is 1. The van der Waals surface area contributed by atoms with E-state index in [2.05, 4.69) is 16.6 Å². The van der Waals surface area contributed by atoms with Gasteiger partial charge in [0.05, 0.1) is 7.11 Å². The number of nitrogens with two attached hydrogens (primary N) is 1. The predicted octanol–water partition coefficient (Wildman–Crippen LogP) is 2.91. The van der Waals surface area contributed by atoms with Gasteiger partial charge in [0.2, 0.25) is 0 Å². The molecule has 1 atom stereocenters. The Bertz CT molecular complexity index is 481. The first-order chi connectivity index (χ1) is 8.19. The normalized spacial score (nSPS) is 12.1. The molecule has 0 saturated heterocycles. The zero-order valence-electron chi connectivity index (χ0n) is 9.81. The number of benzene rings is 1. The summed E-state index contributed by atoms with van der Waals surface area (Å²) in [6, 6.07) is 10.0. The Labute approximate surface area is 105 Å². The van der Waals surface area contributed by atoms with Gasteiger partial charge in [-0.2, -0.15) is 4.37 Å². The molecular formula is C12H15N3OS. The van der Waals surface area contributed by atoms with Crippen molar-refractivity contribution in [3.63, 3.8) is 0 Å². The van der Waals surface area contributed by atoms with Crippen LogP contribution in [-0.2, 0) is 0 Å². The van der Waals surface area contributed by atoms with Crippen molar-refractivity contribution in [3.8, 4) is 5.75 Å². The SMILES string of the molecule is COc1ccc(C(C)Nc2cc(N)ns2)cc1. The third kappa shape index (κ3) is 2.88. The number of rotatable bonds is 4. The van der Waals surface area contributed by atoms with E-state index in [1.807, 2.05) is 30.3 Å². The van der Waals surface area contributed by atoms with Gasteiger partial charge < -0.3 is 15.8 Å². The summed E-state index contributed by atoms with van der Waals surface area (Å²) < 4.78 is 9.15. The van der Waals surface area contributed by atoms with Gasteiger partial charge in [-0.1, -0.05) is 12.1 Å². The van der Waals surface area contributed by atoms with Crippen molar-refractivity contribution in [2.24, 2.45) is 0 Å². The van der Waals surface area contributed by atoms with Crippen molar-refractivity contribution in [3.05, 3.63) is 35.9 Å². The van der Waals surface area contributed by atoms with E-state index in [1.165, 1.54) is 17.1 Å². The highest BCUT2D eigenvalue weighted by Crippen LogP contribution is 2.25. The summed E-state index contributed by atoms with van der Waals surface area (Å²) in [5, 5.41) is 4.33. The molecule has 0 radical (unpaired) electrons. The number of nitrogens with zero attached hydrogens (tertiary/aromatic N) is 1. The van der Waals surface area contributed by atoms with Crippen LogP contribution in [0, 0.1) is 0 Å². The molecule has 3 N–H and O–H groups in total. The van der Waals surface area contributed by atoms with E-state index in [4.69, 9.17) is 10.5 Å². The van der Waals surface area contributed by atoms with E-state index in [9.17, 15) is 0 Å². The highest BCUT2D eigenvalue weighted by molar-refractivity contribution is 7.10. The van der Waals surface area contributed by atoms with Crippen LogP contribution in [0.15, 0.2) is 30.3 Å². The Morgan fingerprint density at radius 2 is 2.06 bits per heavy atom. The van der Waals surface area contributed by atoms with Crippen molar-refractivity contribution < 1.29 is 4.74 Å². The van der Waals surface area contributed by atoms with Crippen molar-refractivity contribution in [2.75, 3.05) is 18.2 Å². The van der Waals surface area contributed by atoms with Crippen molar-refractivity contribution in [1.82, 2.24) is 4.37 Å². The topological polar surface area (TPSA) is 60.2 Å². The monoisotopic (exact) mass is 249 g/mol. The first-order valence-corrected chi connectivity index (χ1v) is 6.09. The number of ether oxygens (including phenoxy) is 1. The van der Waals surface area contributed by atoms with Crippen LogP contribution in [0.25, 0.3) is 0 Å². The Balaban J connectivity index is 2.06. The number of anilines is 2. The second kappa shape index (κ2) is 5.05. The average molecular weight is 249 g/mol. The van der Waals surface area contributed by atoms with Crippen molar-refractivity contribution in [1.29, 1.82) is 0 Å². The number of nitrogens with one attached hydrogen (secondary N) is 1. The van der Waals surface area contributed by atoms with Gasteiger partial charge in [-0.25, -0.2) is 0 Å². The van der Waals surface area contributed by atoms with Crippen LogP contribution in [-0.4, -0.2) is 11.5 Å². The second-order valence-electron chi connectivity index (χ2n) is 3.76. The fraction of sp³-hybridized carbons (Fsp3) is 0.250. The van der Waals surface area contributed by atoms with E-state index in [-0.39, 0.29) is 6.04 Å². The molecule has 0 aliphatic carbocycles. The third-order valence-corrected chi connectivity index (χ3v) is 3.24. The molecule has 2 rings (SSSR count). The summed E-state index contributed by atoms with van der Waals surface area (Å²) in [6.07, 6.45) is 0. The lowest BCUT2D eigenvalue weighted by Crippen LogP contribution is -2.05. The van der Waals surface area contributed by atoms with E-state index in [1.54, 1.807) is 7.11 Å². The van der Waals surface area contributed by atoms with Gasteiger partial charge in [0.1, 0.15) is 16.6 Å². The quantitative estimate of drug-likeness (QED) is 0.874. The summed E-state index contributed by atoms with van der Waals surface area (Å²) in [7, 11) is 1.66. The number of nitrogen functional groups attached to an aromatic ring is 1. The molecule has 0 aliphatic rings. The third-order valence-electron chi connectivity index (χ3n) is 2.50. The van der Waals surface area contributed by atoms with Gasteiger partial charge >= 0.3 is 0 Å². The second-order valence-corrected chi connectivity index (χ2v) is 4.56. The minimum absolute atomic E-state index is 0.209. The summed E-state index contributed by atoms with van der Waals surface area (Å²) in [5.41, 5.74) is 6.77. The maximum atomic E-state index is 5.57. The molecule has 4 nitrogen and oxygen atoms in total. The standard InChI is InChI=1S/C12H15N3OS/c1-8(14-12-7-11(13)15-17-12)9-3-5-10(16-2)6-4-9/h3-8,14H,1-2H3,(H2,13,15). The largest absolute Gasteiger partial charge is 0.497 e. The molecular weight excluding hydrogens is 234 g/mol. The summed E-state index contributed by atoms with van der Waals surface area (Å²) in [4.78, 5) is 0. The van der Waals surface area contributed by atoms with Gasteiger partial charge in [-0.15, -0.1) is 0 Å². The van der Waals surface area contributed by atoms with Crippen LogP contribution in [0.4, 0.5) is 10.8 Å². The summed E-state index contributed by atoms with van der Waals surface area (Å²) >= 11 is 1.37.